The second-order valence-corrected chi connectivity index (χ2v) is 8.92. The minimum atomic E-state index is -0.829. The maximum absolute atomic E-state index is 11.3. The molecule has 0 amide bonds. The summed E-state index contributed by atoms with van der Waals surface area (Å²) in [5, 5.41) is 21.2. The fourth-order valence-corrected chi connectivity index (χ4v) is 5.14. The first-order chi connectivity index (χ1) is 15.6. The SMILES string of the molecule is N#Cc1cccc(-c2nc(N)c3cc(C(O)c4cccnc4N4CCCCC4)sc3n2)c1. The highest BCUT2D eigenvalue weighted by atomic mass is 32.1. The summed E-state index contributed by atoms with van der Waals surface area (Å²) in [5.41, 5.74) is 8.30. The molecule has 1 unspecified atom stereocenters. The van der Waals surface area contributed by atoms with Crippen molar-refractivity contribution in [1.29, 1.82) is 5.26 Å². The molecule has 1 atom stereocenters. The third kappa shape index (κ3) is 3.77. The Labute approximate surface area is 189 Å². The molecule has 1 saturated heterocycles. The predicted molar refractivity (Wildman–Crippen MR) is 126 cm³/mol. The van der Waals surface area contributed by atoms with Crippen LogP contribution in [0, 0.1) is 11.3 Å². The van der Waals surface area contributed by atoms with Crippen LogP contribution in [0.2, 0.25) is 0 Å². The molecule has 4 heterocycles. The molecule has 160 valence electrons. The zero-order valence-corrected chi connectivity index (χ0v) is 18.2. The lowest BCUT2D eigenvalue weighted by atomic mass is 10.1. The van der Waals surface area contributed by atoms with Crippen LogP contribution in [0.4, 0.5) is 11.6 Å². The van der Waals surface area contributed by atoms with Gasteiger partial charge in [-0.05, 0) is 43.5 Å². The number of nitriles is 1. The summed E-state index contributed by atoms with van der Waals surface area (Å²) in [7, 11) is 0. The van der Waals surface area contributed by atoms with Crippen LogP contribution in [0.3, 0.4) is 0 Å². The number of thiophene rings is 1. The average Bonchev–Trinajstić information content (AvgIpc) is 3.29. The van der Waals surface area contributed by atoms with Crippen LogP contribution in [-0.2, 0) is 0 Å². The highest BCUT2D eigenvalue weighted by molar-refractivity contribution is 7.18. The molecule has 0 aliphatic carbocycles. The van der Waals surface area contributed by atoms with E-state index < -0.39 is 6.10 Å². The largest absolute Gasteiger partial charge is 0.383 e. The molecular formula is C24H22N6OS. The molecule has 0 spiro atoms. The Kier molecular flexibility index (Phi) is 5.43. The minimum absolute atomic E-state index is 0.351. The van der Waals surface area contributed by atoms with Gasteiger partial charge < -0.3 is 15.7 Å². The molecule has 3 N–H and O–H groups in total. The molecule has 1 aliphatic rings. The van der Waals surface area contributed by atoms with Crippen molar-refractivity contribution in [3.05, 3.63) is 64.7 Å². The lowest BCUT2D eigenvalue weighted by Crippen LogP contribution is -2.31. The number of aliphatic hydroxyl groups is 1. The number of nitrogens with two attached hydrogens (primary N) is 1. The summed E-state index contributed by atoms with van der Waals surface area (Å²) in [4.78, 5) is 17.4. The quantitative estimate of drug-likeness (QED) is 0.485. The van der Waals surface area contributed by atoms with Crippen molar-refractivity contribution in [3.8, 4) is 17.5 Å². The van der Waals surface area contributed by atoms with Gasteiger partial charge in [-0.1, -0.05) is 18.2 Å². The second kappa shape index (κ2) is 8.54. The van der Waals surface area contributed by atoms with E-state index in [-0.39, 0.29) is 0 Å². The first-order valence-electron chi connectivity index (χ1n) is 10.6. The van der Waals surface area contributed by atoms with Gasteiger partial charge in [-0.3, -0.25) is 0 Å². The summed E-state index contributed by atoms with van der Waals surface area (Å²) >= 11 is 1.40. The number of aliphatic hydroxyl groups excluding tert-OH is 1. The van der Waals surface area contributed by atoms with Crippen molar-refractivity contribution < 1.29 is 5.11 Å². The molecule has 0 bridgehead atoms. The van der Waals surface area contributed by atoms with Crippen LogP contribution in [0.5, 0.6) is 0 Å². The molecule has 7 nitrogen and oxygen atoms in total. The summed E-state index contributed by atoms with van der Waals surface area (Å²) in [5.74, 6) is 1.65. The topological polar surface area (TPSA) is 112 Å². The number of hydrogen-bond donors (Lipinski definition) is 2. The Morgan fingerprint density at radius 1 is 1.09 bits per heavy atom. The van der Waals surface area contributed by atoms with E-state index in [0.717, 1.165) is 47.8 Å². The molecule has 4 aromatic rings. The number of fused-ring (bicyclic) bond motifs is 1. The normalized spacial score (nSPS) is 14.9. The van der Waals surface area contributed by atoms with Gasteiger partial charge in [-0.25, -0.2) is 15.0 Å². The average molecular weight is 443 g/mol. The standard InChI is InChI=1S/C24H22N6OS/c25-14-15-6-4-7-16(12-15)22-28-21(26)18-13-19(32-24(18)29-22)20(31)17-8-5-9-27-23(17)30-10-2-1-3-11-30/h4-9,12-13,20,31H,1-3,10-11H2,(H2,26,28,29). The van der Waals surface area contributed by atoms with Crippen LogP contribution in [0.1, 0.15) is 41.4 Å². The lowest BCUT2D eigenvalue weighted by molar-refractivity contribution is 0.224. The van der Waals surface area contributed by atoms with Gasteiger partial charge in [0.1, 0.15) is 22.6 Å². The van der Waals surface area contributed by atoms with Gasteiger partial charge in [0, 0.05) is 35.3 Å². The first kappa shape index (κ1) is 20.4. The number of nitrogens with zero attached hydrogens (tertiary/aromatic N) is 5. The van der Waals surface area contributed by atoms with E-state index in [9.17, 15) is 10.4 Å². The van der Waals surface area contributed by atoms with Crippen molar-refractivity contribution in [1.82, 2.24) is 15.0 Å². The number of hydrogen-bond acceptors (Lipinski definition) is 8. The molecule has 8 heteroatoms. The summed E-state index contributed by atoms with van der Waals surface area (Å²) in [6.45, 7) is 1.90. The molecule has 5 rings (SSSR count). The summed E-state index contributed by atoms with van der Waals surface area (Å²) in [6, 6.07) is 14.9. The molecule has 3 aromatic heterocycles. The van der Waals surface area contributed by atoms with Gasteiger partial charge in [0.15, 0.2) is 5.82 Å². The summed E-state index contributed by atoms with van der Waals surface area (Å²) in [6.07, 6.45) is 4.45. The maximum Gasteiger partial charge on any atom is 0.163 e. The third-order valence-electron chi connectivity index (χ3n) is 5.73. The van der Waals surface area contributed by atoms with Crippen molar-refractivity contribution in [2.45, 2.75) is 25.4 Å². The number of rotatable bonds is 4. The number of pyridine rings is 1. The zero-order chi connectivity index (χ0) is 22.1. The second-order valence-electron chi connectivity index (χ2n) is 7.86. The van der Waals surface area contributed by atoms with Gasteiger partial charge in [-0.2, -0.15) is 5.26 Å². The zero-order valence-electron chi connectivity index (χ0n) is 17.4. The maximum atomic E-state index is 11.3. The van der Waals surface area contributed by atoms with Gasteiger partial charge in [0.25, 0.3) is 0 Å². The molecule has 0 saturated carbocycles. The Hall–Kier alpha value is -3.54. The van der Waals surface area contributed by atoms with Crippen LogP contribution in [-0.4, -0.2) is 33.1 Å². The Morgan fingerprint density at radius 2 is 1.94 bits per heavy atom. The van der Waals surface area contributed by atoms with Crippen molar-refractivity contribution >= 4 is 33.2 Å². The van der Waals surface area contributed by atoms with E-state index in [1.54, 1.807) is 24.4 Å². The number of anilines is 2. The van der Waals surface area contributed by atoms with E-state index in [2.05, 4.69) is 25.9 Å². The van der Waals surface area contributed by atoms with Crippen LogP contribution < -0.4 is 10.6 Å². The van der Waals surface area contributed by atoms with Crippen LogP contribution >= 0.6 is 11.3 Å². The van der Waals surface area contributed by atoms with Crippen LogP contribution in [0.15, 0.2) is 48.7 Å². The van der Waals surface area contributed by atoms with Crippen molar-refractivity contribution in [2.24, 2.45) is 0 Å². The lowest BCUT2D eigenvalue weighted by Gasteiger charge is -2.30. The Balaban J connectivity index is 1.53. The monoisotopic (exact) mass is 442 g/mol. The van der Waals surface area contributed by atoms with Crippen LogP contribution in [0.25, 0.3) is 21.6 Å². The van der Waals surface area contributed by atoms with Crippen molar-refractivity contribution in [2.75, 3.05) is 23.7 Å². The number of benzene rings is 1. The Morgan fingerprint density at radius 3 is 2.75 bits per heavy atom. The molecule has 1 aliphatic heterocycles. The Bertz CT molecular complexity index is 1320. The predicted octanol–water partition coefficient (Wildman–Crippen LogP) is 4.28. The molecule has 1 fully saturated rings. The van der Waals surface area contributed by atoms with Crippen molar-refractivity contribution in [3.63, 3.8) is 0 Å². The number of piperidine rings is 1. The van der Waals surface area contributed by atoms with E-state index in [4.69, 9.17) is 5.73 Å². The fourth-order valence-electron chi connectivity index (χ4n) is 4.10. The highest BCUT2D eigenvalue weighted by Crippen LogP contribution is 2.38. The minimum Gasteiger partial charge on any atom is -0.383 e. The highest BCUT2D eigenvalue weighted by Gasteiger charge is 2.23. The molecule has 32 heavy (non-hydrogen) atoms. The van der Waals surface area contributed by atoms with Gasteiger partial charge in [0.2, 0.25) is 0 Å². The van der Waals surface area contributed by atoms with Gasteiger partial charge in [-0.15, -0.1) is 11.3 Å². The van der Waals surface area contributed by atoms with E-state index in [1.165, 1.54) is 17.8 Å². The van der Waals surface area contributed by atoms with E-state index in [0.29, 0.717) is 27.4 Å². The summed E-state index contributed by atoms with van der Waals surface area (Å²) < 4.78 is 0. The number of nitrogen functional groups attached to an aromatic ring is 1. The van der Waals surface area contributed by atoms with Gasteiger partial charge >= 0.3 is 0 Å². The van der Waals surface area contributed by atoms with Gasteiger partial charge in [0.05, 0.1) is 17.0 Å². The smallest absolute Gasteiger partial charge is 0.163 e. The van der Waals surface area contributed by atoms with E-state index >= 15 is 0 Å². The first-order valence-corrected chi connectivity index (χ1v) is 11.4. The fraction of sp³-hybridized carbons (Fsp3) is 0.250. The third-order valence-corrected chi connectivity index (χ3v) is 6.81. The molecule has 0 radical (unpaired) electrons. The number of aromatic nitrogens is 3. The molecular weight excluding hydrogens is 420 g/mol. The van der Waals surface area contributed by atoms with E-state index in [1.807, 2.05) is 24.3 Å². The molecule has 1 aromatic carbocycles.